The predicted octanol–water partition coefficient (Wildman–Crippen LogP) is 2.85. The first-order valence-electron chi connectivity index (χ1n) is 9.02. The summed E-state index contributed by atoms with van der Waals surface area (Å²) >= 11 is 0. The van der Waals surface area contributed by atoms with Crippen molar-refractivity contribution in [3.05, 3.63) is 66.1 Å². The maximum Gasteiger partial charge on any atom is 0.228 e. The zero-order valence-electron chi connectivity index (χ0n) is 14.9. The van der Waals surface area contributed by atoms with Crippen molar-refractivity contribution in [2.75, 3.05) is 36.8 Å². The fourth-order valence-corrected chi connectivity index (χ4v) is 3.44. The van der Waals surface area contributed by atoms with Crippen molar-refractivity contribution in [2.24, 2.45) is 0 Å². The number of halogens is 1. The van der Waals surface area contributed by atoms with Gasteiger partial charge in [-0.25, -0.2) is 4.39 Å². The van der Waals surface area contributed by atoms with Crippen LogP contribution in [0.3, 0.4) is 0 Å². The number of rotatable bonds is 3. The zero-order valence-corrected chi connectivity index (χ0v) is 14.9. The Kier molecular flexibility index (Phi) is 4.62. The molecule has 0 spiro atoms. The number of fused-ring (bicyclic) bond motifs is 1. The molecule has 1 aliphatic rings. The van der Waals surface area contributed by atoms with Crippen LogP contribution in [-0.2, 0) is 11.2 Å². The molecular weight excluding hydrogens is 343 g/mol. The highest BCUT2D eigenvalue weighted by Crippen LogP contribution is 2.20. The van der Waals surface area contributed by atoms with Crippen LogP contribution in [0.5, 0.6) is 0 Å². The second-order valence-electron chi connectivity index (χ2n) is 6.74. The number of carbonyl (C=O) groups excluding carboxylic acids is 1. The van der Waals surface area contributed by atoms with Gasteiger partial charge in [-0.15, -0.1) is 0 Å². The van der Waals surface area contributed by atoms with Crippen LogP contribution < -0.4 is 10.6 Å². The Hall–Kier alpha value is -3.15. The number of hydrogen-bond donors (Lipinski definition) is 1. The summed E-state index contributed by atoms with van der Waals surface area (Å²) in [4.78, 5) is 21.3. The van der Waals surface area contributed by atoms with Crippen molar-refractivity contribution < 1.29 is 9.18 Å². The van der Waals surface area contributed by atoms with Gasteiger partial charge in [0.1, 0.15) is 5.82 Å². The van der Waals surface area contributed by atoms with Gasteiger partial charge < -0.3 is 15.5 Å². The van der Waals surface area contributed by atoms with Gasteiger partial charge in [-0.1, -0.05) is 18.2 Å². The molecule has 2 heterocycles. The highest BCUT2D eigenvalue weighted by molar-refractivity contribution is 5.89. The smallest absolute Gasteiger partial charge is 0.228 e. The number of para-hydroxylation sites is 1. The summed E-state index contributed by atoms with van der Waals surface area (Å²) < 4.78 is 13.1. The maximum absolute atomic E-state index is 13.1. The molecule has 4 rings (SSSR count). The number of anilines is 2. The van der Waals surface area contributed by atoms with E-state index in [1.54, 1.807) is 12.1 Å². The van der Waals surface area contributed by atoms with Gasteiger partial charge in [-0.2, -0.15) is 0 Å². The molecule has 0 radical (unpaired) electrons. The standard InChI is InChI=1S/C21H21FN4O/c22-16-5-8-18(9-6-16)25-10-12-26(13-11-25)20(27)14-17-7-4-15-2-1-3-19(23)21(15)24-17/h1-9H,10-14,23H2. The van der Waals surface area contributed by atoms with Gasteiger partial charge in [0.25, 0.3) is 0 Å². The van der Waals surface area contributed by atoms with Crippen LogP contribution in [0.15, 0.2) is 54.6 Å². The minimum atomic E-state index is -0.240. The number of pyridine rings is 1. The largest absolute Gasteiger partial charge is 0.397 e. The van der Waals surface area contributed by atoms with Gasteiger partial charge in [0, 0.05) is 37.3 Å². The van der Waals surface area contributed by atoms with Gasteiger partial charge in [-0.3, -0.25) is 9.78 Å². The molecule has 1 aromatic heterocycles. The van der Waals surface area contributed by atoms with Crippen molar-refractivity contribution >= 4 is 28.2 Å². The lowest BCUT2D eigenvalue weighted by molar-refractivity contribution is -0.130. The highest BCUT2D eigenvalue weighted by atomic mass is 19.1. The predicted molar refractivity (Wildman–Crippen MR) is 105 cm³/mol. The number of amides is 1. The van der Waals surface area contributed by atoms with Gasteiger partial charge in [0.2, 0.25) is 5.91 Å². The Labute approximate surface area is 157 Å². The lowest BCUT2D eigenvalue weighted by atomic mass is 10.1. The Morgan fingerprint density at radius 3 is 2.48 bits per heavy atom. The van der Waals surface area contributed by atoms with E-state index in [2.05, 4.69) is 9.88 Å². The van der Waals surface area contributed by atoms with E-state index in [1.807, 2.05) is 35.2 Å². The van der Waals surface area contributed by atoms with E-state index >= 15 is 0 Å². The molecule has 2 aromatic carbocycles. The van der Waals surface area contributed by atoms with Gasteiger partial charge in [0.05, 0.1) is 23.3 Å². The monoisotopic (exact) mass is 364 g/mol. The quantitative estimate of drug-likeness (QED) is 0.726. The minimum Gasteiger partial charge on any atom is -0.397 e. The number of aromatic nitrogens is 1. The van der Waals surface area contributed by atoms with Crippen molar-refractivity contribution in [2.45, 2.75) is 6.42 Å². The molecule has 0 aliphatic carbocycles. The van der Waals surface area contributed by atoms with Crippen molar-refractivity contribution in [3.63, 3.8) is 0 Å². The normalized spacial score (nSPS) is 14.6. The summed E-state index contributed by atoms with van der Waals surface area (Å²) in [5, 5.41) is 0.971. The molecule has 138 valence electrons. The SMILES string of the molecule is Nc1cccc2ccc(CC(=O)N3CCN(c4ccc(F)cc4)CC3)nc12. The molecule has 0 atom stereocenters. The van der Waals surface area contributed by atoms with E-state index in [-0.39, 0.29) is 18.1 Å². The van der Waals surface area contributed by atoms with Crippen molar-refractivity contribution in [1.82, 2.24) is 9.88 Å². The third-order valence-corrected chi connectivity index (χ3v) is 4.97. The third kappa shape index (κ3) is 3.69. The van der Waals surface area contributed by atoms with E-state index in [1.165, 1.54) is 12.1 Å². The molecule has 6 heteroatoms. The molecule has 1 saturated heterocycles. The first-order valence-corrected chi connectivity index (χ1v) is 9.02. The van der Waals surface area contributed by atoms with Crippen molar-refractivity contribution in [1.29, 1.82) is 0 Å². The number of carbonyl (C=O) groups is 1. The highest BCUT2D eigenvalue weighted by Gasteiger charge is 2.21. The van der Waals surface area contributed by atoms with E-state index in [0.717, 1.165) is 35.4 Å². The first-order chi connectivity index (χ1) is 13.1. The summed E-state index contributed by atoms with van der Waals surface area (Å²) in [5.41, 5.74) is 9.06. The summed E-state index contributed by atoms with van der Waals surface area (Å²) in [7, 11) is 0. The molecule has 0 unspecified atom stereocenters. The van der Waals surface area contributed by atoms with Gasteiger partial charge >= 0.3 is 0 Å². The van der Waals surface area contributed by atoms with Crippen LogP contribution in [0.25, 0.3) is 10.9 Å². The fraction of sp³-hybridized carbons (Fsp3) is 0.238. The Morgan fingerprint density at radius 2 is 1.74 bits per heavy atom. The number of benzene rings is 2. The summed E-state index contributed by atoms with van der Waals surface area (Å²) in [6, 6.07) is 16.0. The summed E-state index contributed by atoms with van der Waals surface area (Å²) in [5.74, 6) is -0.175. The number of nitrogens with zero attached hydrogens (tertiary/aromatic N) is 3. The molecule has 1 amide bonds. The third-order valence-electron chi connectivity index (χ3n) is 4.97. The zero-order chi connectivity index (χ0) is 18.8. The molecule has 0 saturated carbocycles. The summed E-state index contributed by atoms with van der Waals surface area (Å²) in [6.07, 6.45) is 0.265. The van der Waals surface area contributed by atoms with Crippen LogP contribution in [0, 0.1) is 5.82 Å². The average molecular weight is 364 g/mol. The molecule has 1 aliphatic heterocycles. The molecule has 0 bridgehead atoms. The van der Waals surface area contributed by atoms with Crippen LogP contribution >= 0.6 is 0 Å². The van der Waals surface area contributed by atoms with Crippen LogP contribution in [0.2, 0.25) is 0 Å². The average Bonchev–Trinajstić information content (AvgIpc) is 2.69. The van der Waals surface area contributed by atoms with E-state index in [0.29, 0.717) is 18.8 Å². The minimum absolute atomic E-state index is 0.0649. The molecule has 3 aromatic rings. The number of nitrogen functional groups attached to an aromatic ring is 1. The molecule has 5 nitrogen and oxygen atoms in total. The summed E-state index contributed by atoms with van der Waals surface area (Å²) in [6.45, 7) is 2.75. The second-order valence-corrected chi connectivity index (χ2v) is 6.74. The number of hydrogen-bond acceptors (Lipinski definition) is 4. The second kappa shape index (κ2) is 7.23. The van der Waals surface area contributed by atoms with Crippen LogP contribution in [0.4, 0.5) is 15.8 Å². The lowest BCUT2D eigenvalue weighted by Gasteiger charge is -2.36. The molecule has 27 heavy (non-hydrogen) atoms. The molecular formula is C21H21FN4O. The molecule has 2 N–H and O–H groups in total. The van der Waals surface area contributed by atoms with E-state index in [9.17, 15) is 9.18 Å². The Morgan fingerprint density at radius 1 is 1.00 bits per heavy atom. The van der Waals surface area contributed by atoms with Crippen LogP contribution in [0.1, 0.15) is 5.69 Å². The van der Waals surface area contributed by atoms with Crippen molar-refractivity contribution in [3.8, 4) is 0 Å². The van der Waals surface area contributed by atoms with E-state index < -0.39 is 0 Å². The van der Waals surface area contributed by atoms with Gasteiger partial charge in [-0.05, 0) is 36.4 Å². The lowest BCUT2D eigenvalue weighted by Crippen LogP contribution is -2.49. The van der Waals surface area contributed by atoms with Crippen LogP contribution in [-0.4, -0.2) is 42.0 Å². The molecule has 1 fully saturated rings. The fourth-order valence-electron chi connectivity index (χ4n) is 3.44. The van der Waals surface area contributed by atoms with E-state index in [4.69, 9.17) is 5.73 Å². The maximum atomic E-state index is 13.1. The first kappa shape index (κ1) is 17.3. The topological polar surface area (TPSA) is 62.5 Å². The number of piperazine rings is 1. The van der Waals surface area contributed by atoms with Gasteiger partial charge in [0.15, 0.2) is 0 Å². The number of nitrogens with two attached hydrogens (primary N) is 1. The Balaban J connectivity index is 1.39. The Bertz CT molecular complexity index is 966.